The first-order valence-electron chi connectivity index (χ1n) is 6.45. The molecule has 96 valence electrons. The van der Waals surface area contributed by atoms with E-state index in [0.717, 1.165) is 22.5 Å². The molecule has 3 rings (SSSR count). The van der Waals surface area contributed by atoms with Crippen LogP contribution in [0.3, 0.4) is 0 Å². The van der Waals surface area contributed by atoms with Gasteiger partial charge in [0, 0.05) is 6.42 Å². The van der Waals surface area contributed by atoms with Crippen LogP contribution >= 0.6 is 0 Å². The predicted octanol–water partition coefficient (Wildman–Crippen LogP) is 2.97. The minimum absolute atomic E-state index is 0.0296. The smallest absolute Gasteiger partial charge is 0.247 e. The van der Waals surface area contributed by atoms with Gasteiger partial charge in [0.2, 0.25) is 5.91 Å². The van der Waals surface area contributed by atoms with Gasteiger partial charge in [0.25, 0.3) is 0 Å². The molecule has 0 spiro atoms. The first-order valence-corrected chi connectivity index (χ1v) is 6.45. The Bertz CT molecular complexity index is 607. The minimum atomic E-state index is -0.212. The average molecular weight is 252 g/mol. The van der Waals surface area contributed by atoms with Gasteiger partial charge in [-0.1, -0.05) is 42.5 Å². The number of nitrogens with one attached hydrogen (secondary N) is 2. The molecule has 2 N–H and O–H groups in total. The van der Waals surface area contributed by atoms with Crippen LogP contribution in [0.15, 0.2) is 48.5 Å². The van der Waals surface area contributed by atoms with E-state index in [-0.39, 0.29) is 11.9 Å². The summed E-state index contributed by atoms with van der Waals surface area (Å²) in [6.07, 6.45) is 0.695. The third-order valence-electron chi connectivity index (χ3n) is 3.45. The Hall–Kier alpha value is -2.29. The van der Waals surface area contributed by atoms with Crippen LogP contribution in [0.2, 0.25) is 0 Å². The van der Waals surface area contributed by atoms with E-state index >= 15 is 0 Å². The van der Waals surface area contributed by atoms with Crippen molar-refractivity contribution in [3.05, 3.63) is 59.7 Å². The van der Waals surface area contributed by atoms with E-state index in [1.54, 1.807) is 0 Å². The molecule has 0 saturated carbocycles. The Morgan fingerprint density at radius 3 is 2.63 bits per heavy atom. The molecule has 1 aliphatic rings. The molecule has 0 saturated heterocycles. The standard InChI is InChI=1S/C16H16N2O/c1-11-6-5-9-13-15(11)17-14(16(19)18-13)10-12-7-3-2-4-8-12/h2-9,14,17H,10H2,1H3,(H,18,19). The van der Waals surface area contributed by atoms with Gasteiger partial charge in [-0.15, -0.1) is 0 Å². The Morgan fingerprint density at radius 2 is 1.84 bits per heavy atom. The van der Waals surface area contributed by atoms with Crippen molar-refractivity contribution in [2.24, 2.45) is 0 Å². The highest BCUT2D eigenvalue weighted by atomic mass is 16.2. The molecule has 0 aromatic heterocycles. The molecule has 1 heterocycles. The Labute approximate surface area is 112 Å². The van der Waals surface area contributed by atoms with Crippen molar-refractivity contribution < 1.29 is 4.79 Å². The fraction of sp³-hybridized carbons (Fsp3) is 0.188. The number of hydrogen-bond acceptors (Lipinski definition) is 2. The quantitative estimate of drug-likeness (QED) is 0.862. The third kappa shape index (κ3) is 2.32. The topological polar surface area (TPSA) is 41.1 Å². The summed E-state index contributed by atoms with van der Waals surface area (Å²) in [6.45, 7) is 2.04. The Kier molecular flexibility index (Phi) is 2.95. The van der Waals surface area contributed by atoms with E-state index < -0.39 is 0 Å². The van der Waals surface area contributed by atoms with Crippen LogP contribution in [-0.2, 0) is 11.2 Å². The van der Waals surface area contributed by atoms with Crippen LogP contribution in [0.25, 0.3) is 0 Å². The van der Waals surface area contributed by atoms with Gasteiger partial charge in [-0.3, -0.25) is 4.79 Å². The van der Waals surface area contributed by atoms with Crippen molar-refractivity contribution >= 4 is 17.3 Å². The highest BCUT2D eigenvalue weighted by Gasteiger charge is 2.26. The van der Waals surface area contributed by atoms with Crippen molar-refractivity contribution in [3.63, 3.8) is 0 Å². The van der Waals surface area contributed by atoms with Crippen molar-refractivity contribution in [2.75, 3.05) is 10.6 Å². The molecule has 19 heavy (non-hydrogen) atoms. The zero-order chi connectivity index (χ0) is 13.2. The van der Waals surface area contributed by atoms with Gasteiger partial charge >= 0.3 is 0 Å². The summed E-state index contributed by atoms with van der Waals surface area (Å²) in [6, 6.07) is 15.8. The maximum Gasteiger partial charge on any atom is 0.247 e. The number of benzene rings is 2. The molecule has 2 aromatic carbocycles. The molecule has 0 aliphatic carbocycles. The summed E-state index contributed by atoms with van der Waals surface area (Å²) in [4.78, 5) is 12.1. The number of aryl methyl sites for hydroxylation is 1. The zero-order valence-electron chi connectivity index (χ0n) is 10.8. The highest BCUT2D eigenvalue weighted by Crippen LogP contribution is 2.30. The number of carbonyl (C=O) groups is 1. The first-order chi connectivity index (χ1) is 9.24. The molecule has 3 nitrogen and oxygen atoms in total. The molecule has 1 atom stereocenters. The fourth-order valence-electron chi connectivity index (χ4n) is 2.42. The van der Waals surface area contributed by atoms with Crippen LogP contribution in [0.4, 0.5) is 11.4 Å². The summed E-state index contributed by atoms with van der Waals surface area (Å²) < 4.78 is 0. The minimum Gasteiger partial charge on any atom is -0.371 e. The summed E-state index contributed by atoms with van der Waals surface area (Å²) >= 11 is 0. The van der Waals surface area contributed by atoms with E-state index in [1.807, 2.05) is 55.5 Å². The lowest BCUT2D eigenvalue weighted by Crippen LogP contribution is -2.40. The van der Waals surface area contributed by atoms with Crippen LogP contribution in [0.5, 0.6) is 0 Å². The third-order valence-corrected chi connectivity index (χ3v) is 3.45. The van der Waals surface area contributed by atoms with Gasteiger partial charge < -0.3 is 10.6 Å². The molecule has 1 unspecified atom stereocenters. The SMILES string of the molecule is Cc1cccc2c1NC(Cc1ccccc1)C(=O)N2. The number of para-hydroxylation sites is 1. The zero-order valence-corrected chi connectivity index (χ0v) is 10.8. The van der Waals surface area contributed by atoms with Crippen LogP contribution < -0.4 is 10.6 Å². The molecular weight excluding hydrogens is 236 g/mol. The van der Waals surface area contributed by atoms with Gasteiger partial charge in [-0.25, -0.2) is 0 Å². The van der Waals surface area contributed by atoms with Gasteiger partial charge in [0.1, 0.15) is 6.04 Å². The number of anilines is 2. The molecule has 1 amide bonds. The lowest BCUT2D eigenvalue weighted by atomic mass is 10.0. The van der Waals surface area contributed by atoms with Crippen molar-refractivity contribution in [1.29, 1.82) is 0 Å². The monoisotopic (exact) mass is 252 g/mol. The van der Waals surface area contributed by atoms with Crippen LogP contribution in [-0.4, -0.2) is 11.9 Å². The van der Waals surface area contributed by atoms with E-state index in [2.05, 4.69) is 10.6 Å². The number of amides is 1. The summed E-state index contributed by atoms with van der Waals surface area (Å²) in [7, 11) is 0. The lowest BCUT2D eigenvalue weighted by molar-refractivity contribution is -0.117. The molecule has 0 bridgehead atoms. The molecule has 1 aliphatic heterocycles. The van der Waals surface area contributed by atoms with Crippen LogP contribution in [0, 0.1) is 6.92 Å². The number of rotatable bonds is 2. The number of hydrogen-bond donors (Lipinski definition) is 2. The van der Waals surface area contributed by atoms with Crippen molar-refractivity contribution in [1.82, 2.24) is 0 Å². The van der Waals surface area contributed by atoms with E-state index in [4.69, 9.17) is 0 Å². The summed E-state index contributed by atoms with van der Waals surface area (Å²) in [5.41, 5.74) is 4.21. The second kappa shape index (κ2) is 4.76. The second-order valence-electron chi connectivity index (χ2n) is 4.87. The molecule has 3 heteroatoms. The highest BCUT2D eigenvalue weighted by molar-refractivity contribution is 6.03. The molecule has 0 fully saturated rings. The van der Waals surface area contributed by atoms with E-state index in [1.165, 1.54) is 0 Å². The van der Waals surface area contributed by atoms with Crippen molar-refractivity contribution in [2.45, 2.75) is 19.4 Å². The summed E-state index contributed by atoms with van der Waals surface area (Å²) in [5, 5.41) is 6.32. The van der Waals surface area contributed by atoms with Gasteiger partial charge in [0.05, 0.1) is 11.4 Å². The molecular formula is C16H16N2O. The van der Waals surface area contributed by atoms with Crippen molar-refractivity contribution in [3.8, 4) is 0 Å². The van der Waals surface area contributed by atoms with Crippen LogP contribution in [0.1, 0.15) is 11.1 Å². The summed E-state index contributed by atoms with van der Waals surface area (Å²) in [5.74, 6) is 0.0296. The Balaban J connectivity index is 1.85. The number of carbonyl (C=O) groups excluding carboxylic acids is 1. The largest absolute Gasteiger partial charge is 0.371 e. The number of fused-ring (bicyclic) bond motifs is 1. The Morgan fingerprint density at radius 1 is 1.05 bits per heavy atom. The van der Waals surface area contributed by atoms with E-state index in [0.29, 0.717) is 6.42 Å². The maximum atomic E-state index is 12.1. The maximum absolute atomic E-state index is 12.1. The fourth-order valence-corrected chi connectivity index (χ4v) is 2.42. The normalized spacial score (nSPS) is 17.3. The van der Waals surface area contributed by atoms with Gasteiger partial charge in [-0.2, -0.15) is 0 Å². The van der Waals surface area contributed by atoms with Gasteiger partial charge in [0.15, 0.2) is 0 Å². The average Bonchev–Trinajstić information content (AvgIpc) is 2.42. The van der Waals surface area contributed by atoms with Gasteiger partial charge in [-0.05, 0) is 24.1 Å². The molecule has 0 radical (unpaired) electrons. The predicted molar refractivity (Wildman–Crippen MR) is 77.4 cm³/mol. The molecule has 2 aromatic rings. The first kappa shape index (κ1) is 11.8. The lowest BCUT2D eigenvalue weighted by Gasteiger charge is -2.28. The second-order valence-corrected chi connectivity index (χ2v) is 4.87. The van der Waals surface area contributed by atoms with E-state index in [9.17, 15) is 4.79 Å².